The lowest BCUT2D eigenvalue weighted by atomic mass is 10.0. The maximum atomic E-state index is 6.00. The van der Waals surface area contributed by atoms with Crippen LogP contribution in [0.4, 0.5) is 0 Å². The Morgan fingerprint density at radius 2 is 1.94 bits per heavy atom. The summed E-state index contributed by atoms with van der Waals surface area (Å²) in [5.74, 6) is 0. The second kappa shape index (κ2) is 5.21. The van der Waals surface area contributed by atoms with Crippen molar-refractivity contribution >= 4 is 22.9 Å². The van der Waals surface area contributed by atoms with Crippen molar-refractivity contribution in [3.05, 3.63) is 56.2 Å². The molecule has 0 aliphatic carbocycles. The summed E-state index contributed by atoms with van der Waals surface area (Å²) < 4.78 is 0. The molecular weight excluding hydrogens is 250 g/mol. The summed E-state index contributed by atoms with van der Waals surface area (Å²) in [6.07, 6.45) is 0. The van der Waals surface area contributed by atoms with E-state index in [1.54, 1.807) is 0 Å². The number of halogens is 1. The SMILES string of the molecule is CNC(c1ccc(C)s1)c1ccc(Cl)cc1C. The zero-order chi connectivity index (χ0) is 12.4. The molecule has 0 aliphatic heterocycles. The Labute approximate surface area is 111 Å². The van der Waals surface area contributed by atoms with Gasteiger partial charge in [0.05, 0.1) is 6.04 Å². The number of rotatable bonds is 3. The average Bonchev–Trinajstić information content (AvgIpc) is 2.69. The first-order chi connectivity index (χ1) is 8.11. The zero-order valence-electron chi connectivity index (χ0n) is 10.3. The summed E-state index contributed by atoms with van der Waals surface area (Å²) in [4.78, 5) is 2.68. The predicted molar refractivity (Wildman–Crippen MR) is 76.1 cm³/mol. The summed E-state index contributed by atoms with van der Waals surface area (Å²) in [6, 6.07) is 10.7. The third kappa shape index (κ3) is 2.71. The first-order valence-corrected chi connectivity index (χ1v) is 6.81. The second-order valence-electron chi connectivity index (χ2n) is 4.17. The molecule has 1 atom stereocenters. The van der Waals surface area contributed by atoms with Crippen LogP contribution in [0.1, 0.15) is 26.9 Å². The second-order valence-corrected chi connectivity index (χ2v) is 5.93. The van der Waals surface area contributed by atoms with Gasteiger partial charge in [0, 0.05) is 14.8 Å². The highest BCUT2D eigenvalue weighted by Gasteiger charge is 2.15. The van der Waals surface area contributed by atoms with Gasteiger partial charge in [0.1, 0.15) is 0 Å². The van der Waals surface area contributed by atoms with E-state index in [0.29, 0.717) is 0 Å². The van der Waals surface area contributed by atoms with Crippen LogP contribution in [0, 0.1) is 13.8 Å². The van der Waals surface area contributed by atoms with Crippen LogP contribution in [0.2, 0.25) is 5.02 Å². The van der Waals surface area contributed by atoms with E-state index in [1.807, 2.05) is 30.5 Å². The molecule has 1 heterocycles. The number of nitrogens with one attached hydrogen (secondary N) is 1. The van der Waals surface area contributed by atoms with Crippen LogP contribution in [0.3, 0.4) is 0 Å². The number of hydrogen-bond acceptors (Lipinski definition) is 2. The van der Waals surface area contributed by atoms with Crippen molar-refractivity contribution in [2.24, 2.45) is 0 Å². The van der Waals surface area contributed by atoms with Gasteiger partial charge in [-0.3, -0.25) is 0 Å². The molecule has 2 rings (SSSR count). The topological polar surface area (TPSA) is 12.0 Å². The van der Waals surface area contributed by atoms with Crippen molar-refractivity contribution in [1.29, 1.82) is 0 Å². The monoisotopic (exact) mass is 265 g/mol. The Bertz CT molecular complexity index is 519. The van der Waals surface area contributed by atoms with E-state index in [0.717, 1.165) is 5.02 Å². The Morgan fingerprint density at radius 1 is 1.18 bits per heavy atom. The van der Waals surface area contributed by atoms with Crippen LogP contribution in [-0.4, -0.2) is 7.05 Å². The van der Waals surface area contributed by atoms with Gasteiger partial charge in [-0.25, -0.2) is 0 Å². The third-order valence-electron chi connectivity index (χ3n) is 2.88. The third-order valence-corrected chi connectivity index (χ3v) is 4.18. The van der Waals surface area contributed by atoms with Gasteiger partial charge in [0.2, 0.25) is 0 Å². The average molecular weight is 266 g/mol. The van der Waals surface area contributed by atoms with Gasteiger partial charge >= 0.3 is 0 Å². The molecule has 0 spiro atoms. The first-order valence-electron chi connectivity index (χ1n) is 5.61. The minimum absolute atomic E-state index is 0.256. The lowest BCUT2D eigenvalue weighted by Gasteiger charge is -2.17. The molecule has 0 bridgehead atoms. The van der Waals surface area contributed by atoms with Crippen molar-refractivity contribution < 1.29 is 0 Å². The normalized spacial score (nSPS) is 12.7. The van der Waals surface area contributed by atoms with Gasteiger partial charge in [-0.1, -0.05) is 17.7 Å². The van der Waals surface area contributed by atoms with E-state index in [2.05, 4.69) is 37.4 Å². The maximum absolute atomic E-state index is 6.00. The quantitative estimate of drug-likeness (QED) is 0.871. The van der Waals surface area contributed by atoms with Crippen LogP contribution in [0.5, 0.6) is 0 Å². The summed E-state index contributed by atoms with van der Waals surface area (Å²) in [6.45, 7) is 4.24. The first kappa shape index (κ1) is 12.6. The highest BCUT2D eigenvalue weighted by molar-refractivity contribution is 7.12. The molecule has 0 amide bonds. The fourth-order valence-electron chi connectivity index (χ4n) is 2.02. The van der Waals surface area contributed by atoms with E-state index >= 15 is 0 Å². The van der Waals surface area contributed by atoms with E-state index in [9.17, 15) is 0 Å². The Kier molecular flexibility index (Phi) is 3.87. The van der Waals surface area contributed by atoms with Crippen molar-refractivity contribution in [1.82, 2.24) is 5.32 Å². The van der Waals surface area contributed by atoms with Crippen LogP contribution >= 0.6 is 22.9 Å². The fraction of sp³-hybridized carbons (Fsp3) is 0.286. The van der Waals surface area contributed by atoms with Crippen LogP contribution in [0.15, 0.2) is 30.3 Å². The van der Waals surface area contributed by atoms with Crippen molar-refractivity contribution in [2.45, 2.75) is 19.9 Å². The minimum Gasteiger partial charge on any atom is -0.309 e. The minimum atomic E-state index is 0.256. The number of aryl methyl sites for hydroxylation is 2. The fourth-order valence-corrected chi connectivity index (χ4v) is 3.26. The Balaban J connectivity index is 2.42. The molecule has 0 saturated carbocycles. The molecule has 0 saturated heterocycles. The maximum Gasteiger partial charge on any atom is 0.0671 e. The van der Waals surface area contributed by atoms with Crippen LogP contribution < -0.4 is 5.32 Å². The molecule has 1 nitrogen and oxygen atoms in total. The molecule has 0 aliphatic rings. The highest BCUT2D eigenvalue weighted by Crippen LogP contribution is 2.30. The number of benzene rings is 1. The van der Waals surface area contributed by atoms with E-state index in [4.69, 9.17) is 11.6 Å². The van der Waals surface area contributed by atoms with Crippen molar-refractivity contribution in [3.8, 4) is 0 Å². The Morgan fingerprint density at radius 3 is 2.47 bits per heavy atom. The summed E-state index contributed by atoms with van der Waals surface area (Å²) >= 11 is 7.83. The molecule has 3 heteroatoms. The van der Waals surface area contributed by atoms with Crippen LogP contribution in [-0.2, 0) is 0 Å². The molecule has 2 aromatic rings. The van der Waals surface area contributed by atoms with E-state index < -0.39 is 0 Å². The molecule has 17 heavy (non-hydrogen) atoms. The smallest absolute Gasteiger partial charge is 0.0671 e. The van der Waals surface area contributed by atoms with E-state index in [1.165, 1.54) is 20.9 Å². The molecule has 1 N–H and O–H groups in total. The number of thiophene rings is 1. The summed E-state index contributed by atoms with van der Waals surface area (Å²) in [7, 11) is 1.99. The lowest BCUT2D eigenvalue weighted by molar-refractivity contribution is 0.699. The number of hydrogen-bond donors (Lipinski definition) is 1. The molecule has 1 aromatic carbocycles. The van der Waals surface area contributed by atoms with Gasteiger partial charge in [-0.15, -0.1) is 11.3 Å². The van der Waals surface area contributed by atoms with Crippen molar-refractivity contribution in [3.63, 3.8) is 0 Å². The lowest BCUT2D eigenvalue weighted by Crippen LogP contribution is -2.17. The standard InChI is InChI=1S/C14H16ClNS/c1-9-8-11(15)5-6-12(9)14(16-3)13-7-4-10(2)17-13/h4-8,14,16H,1-3H3. The molecule has 1 unspecified atom stereocenters. The Hall–Kier alpha value is -0.830. The zero-order valence-corrected chi connectivity index (χ0v) is 11.8. The molecule has 1 aromatic heterocycles. The molecule has 0 fully saturated rings. The largest absolute Gasteiger partial charge is 0.309 e. The predicted octanol–water partition coefficient (Wildman–Crippen LogP) is 4.33. The summed E-state index contributed by atoms with van der Waals surface area (Å²) in [5.41, 5.74) is 2.52. The van der Waals surface area contributed by atoms with Gasteiger partial charge in [0.25, 0.3) is 0 Å². The molecular formula is C14H16ClNS. The summed E-state index contributed by atoms with van der Waals surface area (Å²) in [5, 5.41) is 4.17. The highest BCUT2D eigenvalue weighted by atomic mass is 35.5. The molecule has 90 valence electrons. The van der Waals surface area contributed by atoms with E-state index in [-0.39, 0.29) is 6.04 Å². The van der Waals surface area contributed by atoms with Gasteiger partial charge in [0.15, 0.2) is 0 Å². The van der Waals surface area contributed by atoms with Crippen molar-refractivity contribution in [2.75, 3.05) is 7.05 Å². The van der Waals surface area contributed by atoms with Gasteiger partial charge < -0.3 is 5.32 Å². The van der Waals surface area contributed by atoms with Crippen LogP contribution in [0.25, 0.3) is 0 Å². The van der Waals surface area contributed by atoms with Gasteiger partial charge in [-0.05, 0) is 56.3 Å². The van der Waals surface area contributed by atoms with Gasteiger partial charge in [-0.2, -0.15) is 0 Å². The molecule has 0 radical (unpaired) electrons.